The van der Waals surface area contributed by atoms with E-state index in [9.17, 15) is 0 Å². The lowest BCUT2D eigenvalue weighted by Crippen LogP contribution is -2.12. The Kier molecular flexibility index (Phi) is 3.23. The van der Waals surface area contributed by atoms with Gasteiger partial charge in [0.15, 0.2) is 5.82 Å². The highest BCUT2D eigenvalue weighted by atomic mass is 15.4. The third kappa shape index (κ3) is 2.21. The summed E-state index contributed by atoms with van der Waals surface area (Å²) in [4.78, 5) is 0. The lowest BCUT2D eigenvalue weighted by Gasteiger charge is -2.12. The van der Waals surface area contributed by atoms with Gasteiger partial charge in [0.1, 0.15) is 17.5 Å². The number of nitrogen functional groups attached to an aromatic ring is 1. The van der Waals surface area contributed by atoms with Crippen LogP contribution in [-0.4, -0.2) is 16.3 Å². The molecule has 5 heteroatoms. The standard InChI is InChI=1S/C12H19N5/c1-3-6-15-12-10(7-13)11(14)17(16-12)8(2)9-4-5-9/h8-9H,3-6,14H2,1-2H3,(H,15,16). The van der Waals surface area contributed by atoms with Gasteiger partial charge in [-0.3, -0.25) is 0 Å². The smallest absolute Gasteiger partial charge is 0.168 e. The Balaban J connectivity index is 2.27. The molecular formula is C12H19N5. The van der Waals surface area contributed by atoms with Crippen molar-refractivity contribution in [1.82, 2.24) is 9.78 Å². The molecule has 0 aliphatic heterocycles. The molecule has 1 fully saturated rings. The van der Waals surface area contributed by atoms with Crippen molar-refractivity contribution in [3.8, 4) is 6.07 Å². The molecular weight excluding hydrogens is 214 g/mol. The molecule has 0 aromatic carbocycles. The molecule has 5 nitrogen and oxygen atoms in total. The summed E-state index contributed by atoms with van der Waals surface area (Å²) in [6, 6.07) is 2.43. The third-order valence-electron chi connectivity index (χ3n) is 3.29. The number of nitrogens with two attached hydrogens (primary N) is 1. The molecule has 1 unspecified atom stereocenters. The van der Waals surface area contributed by atoms with E-state index in [1.807, 2.05) is 0 Å². The second-order valence-electron chi connectivity index (χ2n) is 4.67. The van der Waals surface area contributed by atoms with Crippen LogP contribution in [0, 0.1) is 17.2 Å². The molecule has 0 spiro atoms. The number of rotatable bonds is 5. The van der Waals surface area contributed by atoms with Crippen molar-refractivity contribution in [2.75, 3.05) is 17.6 Å². The lowest BCUT2D eigenvalue weighted by molar-refractivity contribution is 0.447. The number of nitriles is 1. The minimum absolute atomic E-state index is 0.291. The van der Waals surface area contributed by atoms with Crippen molar-refractivity contribution < 1.29 is 0 Å². The lowest BCUT2D eigenvalue weighted by atomic mass is 10.2. The molecule has 0 bridgehead atoms. The fourth-order valence-electron chi connectivity index (χ4n) is 2.01. The van der Waals surface area contributed by atoms with Gasteiger partial charge in [-0.15, -0.1) is 0 Å². The van der Waals surface area contributed by atoms with Crippen LogP contribution in [0.25, 0.3) is 0 Å². The number of nitrogens with zero attached hydrogens (tertiary/aromatic N) is 3. The molecule has 2 rings (SSSR count). The Morgan fingerprint density at radius 1 is 1.65 bits per heavy atom. The van der Waals surface area contributed by atoms with Crippen LogP contribution in [0.4, 0.5) is 11.6 Å². The van der Waals surface area contributed by atoms with Gasteiger partial charge in [-0.25, -0.2) is 4.68 Å². The Labute approximate surface area is 102 Å². The number of hydrogen-bond donors (Lipinski definition) is 2. The van der Waals surface area contributed by atoms with Crippen molar-refractivity contribution in [3.05, 3.63) is 5.56 Å². The minimum Gasteiger partial charge on any atom is -0.383 e. The summed E-state index contributed by atoms with van der Waals surface area (Å²) < 4.78 is 1.80. The van der Waals surface area contributed by atoms with Gasteiger partial charge in [-0.2, -0.15) is 10.4 Å². The number of hydrogen-bond acceptors (Lipinski definition) is 4. The van der Waals surface area contributed by atoms with Crippen molar-refractivity contribution >= 4 is 11.6 Å². The van der Waals surface area contributed by atoms with E-state index in [1.54, 1.807) is 4.68 Å². The van der Waals surface area contributed by atoms with Crippen LogP contribution in [0.3, 0.4) is 0 Å². The molecule has 1 atom stereocenters. The molecule has 1 heterocycles. The zero-order valence-corrected chi connectivity index (χ0v) is 10.4. The SMILES string of the molecule is CCCNc1nn(C(C)C2CC2)c(N)c1C#N. The average Bonchev–Trinajstić information content (AvgIpc) is 3.11. The highest BCUT2D eigenvalue weighted by Crippen LogP contribution is 2.41. The zero-order chi connectivity index (χ0) is 12.4. The van der Waals surface area contributed by atoms with Crippen LogP contribution in [0.15, 0.2) is 0 Å². The summed E-state index contributed by atoms with van der Waals surface area (Å²) in [5.74, 6) is 1.78. The highest BCUT2D eigenvalue weighted by Gasteiger charge is 2.32. The average molecular weight is 233 g/mol. The Morgan fingerprint density at radius 3 is 2.88 bits per heavy atom. The number of nitrogens with one attached hydrogen (secondary N) is 1. The van der Waals surface area contributed by atoms with Gasteiger partial charge in [-0.05, 0) is 32.1 Å². The van der Waals surface area contributed by atoms with Crippen LogP contribution in [0.5, 0.6) is 0 Å². The van der Waals surface area contributed by atoms with Crippen LogP contribution in [0.2, 0.25) is 0 Å². The minimum atomic E-state index is 0.291. The van der Waals surface area contributed by atoms with E-state index in [2.05, 4.69) is 30.3 Å². The second kappa shape index (κ2) is 4.66. The summed E-state index contributed by atoms with van der Waals surface area (Å²) >= 11 is 0. The maximum atomic E-state index is 9.12. The first-order valence-electron chi connectivity index (χ1n) is 6.21. The topological polar surface area (TPSA) is 79.7 Å². The van der Waals surface area contributed by atoms with Crippen molar-refractivity contribution in [2.24, 2.45) is 5.92 Å². The van der Waals surface area contributed by atoms with E-state index in [4.69, 9.17) is 11.0 Å². The van der Waals surface area contributed by atoms with Crippen molar-refractivity contribution in [3.63, 3.8) is 0 Å². The number of aromatic nitrogens is 2. The number of anilines is 2. The Morgan fingerprint density at radius 2 is 2.35 bits per heavy atom. The molecule has 1 aliphatic rings. The van der Waals surface area contributed by atoms with E-state index >= 15 is 0 Å². The monoisotopic (exact) mass is 233 g/mol. The van der Waals surface area contributed by atoms with Crippen LogP contribution >= 0.6 is 0 Å². The summed E-state index contributed by atoms with van der Waals surface area (Å²) in [5.41, 5.74) is 6.47. The van der Waals surface area contributed by atoms with E-state index < -0.39 is 0 Å². The Bertz CT molecular complexity index is 438. The second-order valence-corrected chi connectivity index (χ2v) is 4.67. The van der Waals surface area contributed by atoms with Crippen LogP contribution < -0.4 is 11.1 Å². The summed E-state index contributed by atoms with van der Waals surface area (Å²) in [5, 5.41) is 16.7. The quantitative estimate of drug-likeness (QED) is 0.816. The first-order valence-corrected chi connectivity index (χ1v) is 6.21. The van der Waals surface area contributed by atoms with Gasteiger partial charge in [-0.1, -0.05) is 6.92 Å². The van der Waals surface area contributed by atoms with Gasteiger partial charge < -0.3 is 11.1 Å². The molecule has 1 aromatic heterocycles. The Hall–Kier alpha value is -1.70. The van der Waals surface area contributed by atoms with Crippen molar-refractivity contribution in [2.45, 2.75) is 39.2 Å². The molecule has 92 valence electrons. The molecule has 0 amide bonds. The first-order chi connectivity index (χ1) is 8.19. The van der Waals surface area contributed by atoms with E-state index in [0.29, 0.717) is 29.2 Å². The highest BCUT2D eigenvalue weighted by molar-refractivity contribution is 5.63. The van der Waals surface area contributed by atoms with Gasteiger partial charge in [0.2, 0.25) is 0 Å². The summed E-state index contributed by atoms with van der Waals surface area (Å²) in [7, 11) is 0. The first kappa shape index (κ1) is 11.8. The summed E-state index contributed by atoms with van der Waals surface area (Å²) in [6.45, 7) is 5.00. The fraction of sp³-hybridized carbons (Fsp3) is 0.667. The molecule has 1 aromatic rings. The predicted molar refractivity (Wildman–Crippen MR) is 67.6 cm³/mol. The molecule has 0 radical (unpaired) electrons. The molecule has 1 saturated carbocycles. The largest absolute Gasteiger partial charge is 0.383 e. The summed E-state index contributed by atoms with van der Waals surface area (Å²) in [6.07, 6.45) is 3.47. The van der Waals surface area contributed by atoms with Crippen molar-refractivity contribution in [1.29, 1.82) is 5.26 Å². The van der Waals surface area contributed by atoms with Crippen LogP contribution in [-0.2, 0) is 0 Å². The fourth-order valence-corrected chi connectivity index (χ4v) is 2.01. The third-order valence-corrected chi connectivity index (χ3v) is 3.29. The maximum absolute atomic E-state index is 9.12. The van der Waals surface area contributed by atoms with E-state index in [-0.39, 0.29) is 0 Å². The molecule has 17 heavy (non-hydrogen) atoms. The predicted octanol–water partition coefficient (Wildman–Crippen LogP) is 2.13. The van der Waals surface area contributed by atoms with Crippen LogP contribution in [0.1, 0.15) is 44.7 Å². The van der Waals surface area contributed by atoms with Gasteiger partial charge in [0.05, 0.1) is 6.04 Å². The van der Waals surface area contributed by atoms with E-state index in [0.717, 1.165) is 13.0 Å². The molecule has 3 N–H and O–H groups in total. The van der Waals surface area contributed by atoms with Gasteiger partial charge in [0.25, 0.3) is 0 Å². The maximum Gasteiger partial charge on any atom is 0.168 e. The normalized spacial score (nSPS) is 16.5. The molecule has 0 saturated heterocycles. The molecule has 1 aliphatic carbocycles. The van der Waals surface area contributed by atoms with Gasteiger partial charge in [0, 0.05) is 6.54 Å². The van der Waals surface area contributed by atoms with E-state index in [1.165, 1.54) is 12.8 Å². The zero-order valence-electron chi connectivity index (χ0n) is 10.4. The van der Waals surface area contributed by atoms with Gasteiger partial charge >= 0.3 is 0 Å².